The van der Waals surface area contributed by atoms with Gasteiger partial charge in [-0.15, -0.1) is 0 Å². The van der Waals surface area contributed by atoms with Crippen molar-refractivity contribution in [2.75, 3.05) is 45.1 Å². The number of cyclic esters (lactones) is 1. The first-order chi connectivity index (χ1) is 24.9. The maximum atomic E-state index is 14.1. The lowest BCUT2D eigenvalue weighted by Gasteiger charge is -2.27. The van der Waals surface area contributed by atoms with Gasteiger partial charge in [-0.3, -0.25) is 0 Å². The third-order valence-electron chi connectivity index (χ3n) is 9.08. The van der Waals surface area contributed by atoms with Crippen molar-refractivity contribution in [3.8, 4) is 5.75 Å². The summed E-state index contributed by atoms with van der Waals surface area (Å²) in [6.45, 7) is -0.111. The Morgan fingerprint density at radius 2 is 1.06 bits per heavy atom. The number of carbonyl (C=O) groups excluding carboxylic acids is 1. The van der Waals surface area contributed by atoms with Crippen molar-refractivity contribution in [1.82, 2.24) is 0 Å². The van der Waals surface area contributed by atoms with Crippen LogP contribution in [0.4, 0.5) is 11.4 Å². The number of aliphatic hydroxyl groups excluding tert-OH is 1. The molecule has 0 spiro atoms. The van der Waals surface area contributed by atoms with Gasteiger partial charge < -0.3 is 24.4 Å². The van der Waals surface area contributed by atoms with Crippen LogP contribution in [0.5, 0.6) is 5.75 Å². The molecule has 1 N–H and O–H groups in total. The lowest BCUT2D eigenvalue weighted by molar-refractivity contribution is 0.0300. The summed E-state index contributed by atoms with van der Waals surface area (Å²) in [4.78, 5) is 18.1. The van der Waals surface area contributed by atoms with Crippen LogP contribution in [0.25, 0.3) is 11.1 Å². The second-order valence-corrected chi connectivity index (χ2v) is 14.3. The Kier molecular flexibility index (Phi) is 11.0. The molecule has 10 heteroatoms. The molecule has 0 saturated heterocycles. The summed E-state index contributed by atoms with van der Waals surface area (Å²) in [5.74, 6) is -0.0210. The first-order valence-corrected chi connectivity index (χ1v) is 17.8. The molecule has 1 aliphatic rings. The zero-order valence-electron chi connectivity index (χ0n) is 29.2. The van der Waals surface area contributed by atoms with Crippen molar-refractivity contribution in [2.24, 2.45) is 0 Å². The minimum atomic E-state index is -1.65. The van der Waals surface area contributed by atoms with E-state index in [1.54, 1.807) is 7.11 Å². The fourth-order valence-corrected chi connectivity index (χ4v) is 7.30. The first kappa shape index (κ1) is 37.3. The van der Waals surface area contributed by atoms with Crippen LogP contribution in [-0.4, -0.2) is 46.4 Å². The van der Waals surface area contributed by atoms with Gasteiger partial charge in [-0.25, -0.2) is 4.79 Å². The highest BCUT2D eigenvalue weighted by Gasteiger charge is 2.48. The summed E-state index contributed by atoms with van der Waals surface area (Å²) in [5.41, 5.74) is 6.18. The Bertz CT molecular complexity index is 2060. The van der Waals surface area contributed by atoms with Gasteiger partial charge in [0.15, 0.2) is 5.60 Å². The number of carbonyl (C=O) groups is 1. The van der Waals surface area contributed by atoms with E-state index in [2.05, 4.69) is 0 Å². The Morgan fingerprint density at radius 1 is 0.654 bits per heavy atom. The molecule has 6 nitrogen and oxygen atoms in total. The minimum Gasteiger partial charge on any atom is -0.497 e. The molecule has 52 heavy (non-hydrogen) atoms. The van der Waals surface area contributed by atoms with Crippen molar-refractivity contribution < 1.29 is 19.4 Å². The molecule has 1 unspecified atom stereocenters. The zero-order valence-corrected chi connectivity index (χ0v) is 32.2. The van der Waals surface area contributed by atoms with E-state index < -0.39 is 11.6 Å². The molecule has 0 radical (unpaired) electrons. The molecule has 1 heterocycles. The Morgan fingerprint density at radius 3 is 1.46 bits per heavy atom. The second-order valence-electron chi connectivity index (χ2n) is 12.8. The number of hydrogen-bond acceptors (Lipinski definition) is 6. The summed E-state index contributed by atoms with van der Waals surface area (Å²) in [7, 11) is 9.51. The molecule has 0 aromatic heterocycles. The van der Waals surface area contributed by atoms with Gasteiger partial charge in [-0.1, -0.05) is 107 Å². The first-order valence-electron chi connectivity index (χ1n) is 16.3. The molecule has 0 bridgehead atoms. The molecule has 6 rings (SSSR count). The highest BCUT2D eigenvalue weighted by atomic mass is 35.5. The predicted octanol–water partition coefficient (Wildman–Crippen LogP) is 10.6. The number of fused-ring (bicyclic) bond motifs is 1. The molecule has 0 amide bonds. The van der Waals surface area contributed by atoms with Crippen LogP contribution in [0.3, 0.4) is 0 Å². The van der Waals surface area contributed by atoms with Crippen LogP contribution in [0.15, 0.2) is 109 Å². The number of ether oxygens (including phenoxy) is 2. The van der Waals surface area contributed by atoms with Gasteiger partial charge in [0.1, 0.15) is 5.75 Å². The van der Waals surface area contributed by atoms with Crippen LogP contribution < -0.4 is 14.5 Å². The van der Waals surface area contributed by atoms with Crippen LogP contribution in [0.1, 0.15) is 43.7 Å². The standard InChI is InChI=1S/C42H36Cl4N2O4/c1-47(2)30-16-10-27(11-17-30)33(26-8-6-25(24-49)7-9-26)22-42(36-35(41(50)52-42)37(43)39(45)40(46)38(36)44)23-34(29-14-20-32(51-5)21-15-29)28-12-18-31(19-13-28)48(3)4/h6-23,49H,24H2,1-5H3. The van der Waals surface area contributed by atoms with Gasteiger partial charge in [0.2, 0.25) is 0 Å². The average molecular weight is 775 g/mol. The monoisotopic (exact) mass is 772 g/mol. The smallest absolute Gasteiger partial charge is 0.341 e. The minimum absolute atomic E-state index is 0.00192. The summed E-state index contributed by atoms with van der Waals surface area (Å²) < 4.78 is 12.0. The third kappa shape index (κ3) is 7.14. The number of halogens is 4. The fourth-order valence-electron chi connectivity index (χ4n) is 6.22. The molecule has 1 atom stereocenters. The molecular formula is C42H36Cl4N2O4. The number of methoxy groups -OCH3 is 1. The van der Waals surface area contributed by atoms with Crippen LogP contribution >= 0.6 is 46.4 Å². The molecular weight excluding hydrogens is 738 g/mol. The number of benzene rings is 5. The van der Waals surface area contributed by atoms with E-state index in [-0.39, 0.29) is 37.8 Å². The number of aliphatic hydroxyl groups is 1. The quantitative estimate of drug-likeness (QED) is 0.0866. The molecule has 0 saturated carbocycles. The van der Waals surface area contributed by atoms with Crippen molar-refractivity contribution in [3.63, 3.8) is 0 Å². The van der Waals surface area contributed by atoms with E-state index in [1.165, 1.54) is 0 Å². The Labute approximate surface area is 324 Å². The van der Waals surface area contributed by atoms with E-state index in [1.807, 2.05) is 147 Å². The molecule has 0 fully saturated rings. The van der Waals surface area contributed by atoms with Crippen LogP contribution in [0.2, 0.25) is 20.1 Å². The molecule has 5 aromatic carbocycles. The number of esters is 1. The highest BCUT2D eigenvalue weighted by Crippen LogP contribution is 2.53. The van der Waals surface area contributed by atoms with Crippen molar-refractivity contribution >= 4 is 74.9 Å². The predicted molar refractivity (Wildman–Crippen MR) is 215 cm³/mol. The molecule has 1 aliphatic heterocycles. The largest absolute Gasteiger partial charge is 0.497 e. The lowest BCUT2D eigenvalue weighted by Crippen LogP contribution is -2.23. The fraction of sp³-hybridized carbons (Fsp3) is 0.167. The van der Waals surface area contributed by atoms with Gasteiger partial charge in [-0.2, -0.15) is 0 Å². The zero-order chi connectivity index (χ0) is 37.3. The summed E-state index contributed by atoms with van der Waals surface area (Å²) in [6, 6.07) is 31.3. The number of nitrogens with zero attached hydrogens (tertiary/aromatic N) is 2. The van der Waals surface area contributed by atoms with Crippen LogP contribution in [0, 0.1) is 0 Å². The van der Waals surface area contributed by atoms with Crippen molar-refractivity contribution in [1.29, 1.82) is 0 Å². The average Bonchev–Trinajstić information content (AvgIpc) is 3.45. The van der Waals surface area contributed by atoms with Gasteiger partial charge in [0, 0.05) is 45.1 Å². The Hall–Kier alpha value is -4.43. The molecule has 266 valence electrons. The maximum Gasteiger partial charge on any atom is 0.341 e. The Balaban J connectivity index is 1.74. The molecule has 5 aromatic rings. The van der Waals surface area contributed by atoms with E-state index in [0.717, 1.165) is 50.3 Å². The second kappa shape index (κ2) is 15.3. The van der Waals surface area contributed by atoms with E-state index in [0.29, 0.717) is 5.75 Å². The number of anilines is 2. The third-order valence-corrected chi connectivity index (χ3v) is 10.9. The highest BCUT2D eigenvalue weighted by molar-refractivity contribution is 6.53. The number of rotatable bonds is 10. The summed E-state index contributed by atoms with van der Waals surface area (Å²) in [6.07, 6.45) is 3.76. The SMILES string of the molecule is COc1ccc(C(=CC2(C=C(c3ccc(CO)cc3)c3ccc(N(C)C)cc3)OC(=O)c3c(Cl)c(Cl)c(Cl)c(Cl)c32)c2ccc(N(C)C)cc2)cc1. The van der Waals surface area contributed by atoms with Gasteiger partial charge >= 0.3 is 5.97 Å². The number of hydrogen-bond donors (Lipinski definition) is 1. The summed E-state index contributed by atoms with van der Waals surface area (Å²) >= 11 is 27.1. The van der Waals surface area contributed by atoms with Gasteiger partial charge in [0.25, 0.3) is 0 Å². The van der Waals surface area contributed by atoms with Crippen LogP contribution in [-0.2, 0) is 16.9 Å². The lowest BCUT2D eigenvalue weighted by atomic mass is 9.83. The normalized spacial score (nSPS) is 15.7. The maximum absolute atomic E-state index is 14.1. The van der Waals surface area contributed by atoms with Gasteiger partial charge in [0.05, 0.1) is 39.4 Å². The van der Waals surface area contributed by atoms with E-state index in [4.69, 9.17) is 55.9 Å². The van der Waals surface area contributed by atoms with Crippen molar-refractivity contribution in [3.05, 3.63) is 168 Å². The van der Waals surface area contributed by atoms with Crippen molar-refractivity contribution in [2.45, 2.75) is 12.2 Å². The van der Waals surface area contributed by atoms with Gasteiger partial charge in [-0.05, 0) is 87.5 Å². The van der Waals surface area contributed by atoms with E-state index >= 15 is 0 Å². The summed E-state index contributed by atoms with van der Waals surface area (Å²) in [5, 5.41) is 9.78. The molecule has 0 aliphatic carbocycles. The topological polar surface area (TPSA) is 62.2 Å². The van der Waals surface area contributed by atoms with E-state index in [9.17, 15) is 9.90 Å².